The highest BCUT2D eigenvalue weighted by atomic mass is 16.5. The third kappa shape index (κ3) is 4.09. The second-order valence-electron chi connectivity index (χ2n) is 5.96. The number of urea groups is 1. The molecule has 0 spiro atoms. The maximum atomic E-state index is 11.7. The number of imidazole rings is 1. The molecule has 2 aromatic rings. The number of tetrazole rings is 1. The van der Waals surface area contributed by atoms with E-state index in [-0.39, 0.29) is 23.5 Å². The number of ether oxygens (including phenoxy) is 1. The number of carbonyl (C=O) groups is 1. The van der Waals surface area contributed by atoms with Gasteiger partial charge in [-0.05, 0) is 12.1 Å². The number of H-pyrrole nitrogens is 1. The molecule has 0 atom stereocenters. The first-order chi connectivity index (χ1) is 13.5. The Labute approximate surface area is 161 Å². The molecule has 150 valence electrons. The van der Waals surface area contributed by atoms with Crippen LogP contribution in [0.15, 0.2) is 12.4 Å². The summed E-state index contributed by atoms with van der Waals surface area (Å²) >= 11 is 0. The van der Waals surface area contributed by atoms with Crippen molar-refractivity contribution in [1.82, 2.24) is 45.7 Å². The minimum atomic E-state index is -0.384. The molecule has 0 aromatic carbocycles. The summed E-state index contributed by atoms with van der Waals surface area (Å²) < 4.78 is 7.03. The minimum Gasteiger partial charge on any atom is -0.378 e. The molecular weight excluding hydrogens is 366 g/mol. The number of anilines is 1. The minimum absolute atomic E-state index is 0.224. The fraction of sp³-hybridized carbons (Fsp3) is 0.467. The molecule has 28 heavy (non-hydrogen) atoms. The third-order valence-corrected chi connectivity index (χ3v) is 4.06. The van der Waals surface area contributed by atoms with Gasteiger partial charge in [-0.15, -0.1) is 10.2 Å². The van der Waals surface area contributed by atoms with E-state index in [2.05, 4.69) is 48.1 Å². The zero-order chi connectivity index (χ0) is 20.1. The summed E-state index contributed by atoms with van der Waals surface area (Å²) in [4.78, 5) is 18.2. The van der Waals surface area contributed by atoms with Crippen LogP contribution in [-0.2, 0) is 11.8 Å². The first-order valence-electron chi connectivity index (χ1n) is 8.74. The van der Waals surface area contributed by atoms with Crippen LogP contribution >= 0.6 is 0 Å². The highest BCUT2D eigenvalue weighted by Crippen LogP contribution is 2.24. The molecule has 0 bridgehead atoms. The van der Waals surface area contributed by atoms with Crippen molar-refractivity contribution in [2.45, 2.75) is 6.92 Å². The number of rotatable bonds is 6. The average Bonchev–Trinajstić information content (AvgIpc) is 3.31. The number of hydrogen-bond acceptors (Lipinski definition) is 8. The van der Waals surface area contributed by atoms with Crippen molar-refractivity contribution in [1.29, 1.82) is 5.41 Å². The summed E-state index contributed by atoms with van der Waals surface area (Å²) in [7, 11) is 1.75. The van der Waals surface area contributed by atoms with E-state index in [0.29, 0.717) is 50.2 Å². The third-order valence-electron chi connectivity index (χ3n) is 4.06. The van der Waals surface area contributed by atoms with Gasteiger partial charge in [0.25, 0.3) is 0 Å². The van der Waals surface area contributed by atoms with Crippen LogP contribution in [0.1, 0.15) is 12.6 Å². The van der Waals surface area contributed by atoms with Gasteiger partial charge < -0.3 is 24.8 Å². The van der Waals surface area contributed by atoms with E-state index in [1.54, 1.807) is 11.6 Å². The number of nitrogens with zero attached hydrogens (tertiary/aromatic N) is 6. The van der Waals surface area contributed by atoms with E-state index in [0.717, 1.165) is 0 Å². The summed E-state index contributed by atoms with van der Waals surface area (Å²) in [6.07, 6.45) is 0. The molecule has 2 amide bonds. The van der Waals surface area contributed by atoms with E-state index in [4.69, 9.17) is 10.1 Å². The number of amides is 2. The predicted octanol–water partition coefficient (Wildman–Crippen LogP) is -0.540. The Hall–Kier alpha value is -3.48. The average molecular weight is 389 g/mol. The maximum absolute atomic E-state index is 11.7. The van der Waals surface area contributed by atoms with Crippen molar-refractivity contribution >= 4 is 17.7 Å². The molecule has 0 saturated carbocycles. The maximum Gasteiger partial charge on any atom is 0.320 e. The molecule has 3 heterocycles. The fourth-order valence-corrected chi connectivity index (χ4v) is 2.72. The summed E-state index contributed by atoms with van der Waals surface area (Å²) in [5.41, 5.74) is 0.378. The highest BCUT2D eigenvalue weighted by Gasteiger charge is 2.26. The Balaban J connectivity index is 1.90. The van der Waals surface area contributed by atoms with E-state index < -0.39 is 0 Å². The molecule has 0 radical (unpaired) electrons. The fourth-order valence-electron chi connectivity index (χ4n) is 2.72. The molecule has 1 fully saturated rings. The predicted molar refractivity (Wildman–Crippen MR) is 101 cm³/mol. The lowest BCUT2D eigenvalue weighted by atomic mass is 10.3. The van der Waals surface area contributed by atoms with Gasteiger partial charge in [0.05, 0.1) is 13.2 Å². The molecule has 13 heteroatoms. The second-order valence-corrected chi connectivity index (χ2v) is 5.96. The van der Waals surface area contributed by atoms with Gasteiger partial charge in [-0.1, -0.05) is 6.58 Å². The van der Waals surface area contributed by atoms with Crippen molar-refractivity contribution < 1.29 is 9.53 Å². The van der Waals surface area contributed by atoms with Crippen LogP contribution in [0.3, 0.4) is 0 Å². The van der Waals surface area contributed by atoms with E-state index >= 15 is 0 Å². The zero-order valence-electron chi connectivity index (χ0n) is 15.7. The zero-order valence-corrected chi connectivity index (χ0v) is 15.7. The Bertz CT molecular complexity index is 852. The molecule has 0 aliphatic carbocycles. The molecule has 1 aliphatic rings. The first kappa shape index (κ1) is 19.3. The summed E-state index contributed by atoms with van der Waals surface area (Å²) in [6.45, 7) is 8.38. The van der Waals surface area contributed by atoms with Gasteiger partial charge in [0.1, 0.15) is 17.3 Å². The lowest BCUT2D eigenvalue weighted by Gasteiger charge is -2.28. The highest BCUT2D eigenvalue weighted by molar-refractivity contribution is 6.00. The molecule has 3 rings (SSSR count). The van der Waals surface area contributed by atoms with E-state index in [1.807, 2.05) is 11.8 Å². The lowest BCUT2D eigenvalue weighted by molar-refractivity contribution is 0.0679. The largest absolute Gasteiger partial charge is 0.378 e. The number of hydrogen-bond donors (Lipinski definition) is 5. The summed E-state index contributed by atoms with van der Waals surface area (Å²) in [5, 5.41) is 30.7. The van der Waals surface area contributed by atoms with Crippen LogP contribution in [0, 0.1) is 5.41 Å². The summed E-state index contributed by atoms with van der Waals surface area (Å²) in [6, 6.07) is -0.384. The van der Waals surface area contributed by atoms with Gasteiger partial charge >= 0.3 is 6.03 Å². The van der Waals surface area contributed by atoms with Crippen LogP contribution in [0.5, 0.6) is 0 Å². The Kier molecular flexibility index (Phi) is 5.84. The second kappa shape index (κ2) is 8.47. The number of morpholine rings is 1. The van der Waals surface area contributed by atoms with Crippen molar-refractivity contribution in [3.8, 4) is 11.6 Å². The van der Waals surface area contributed by atoms with Crippen LogP contribution in [-0.4, -0.2) is 79.8 Å². The van der Waals surface area contributed by atoms with E-state index in [9.17, 15) is 4.79 Å². The molecule has 5 N–H and O–H groups in total. The van der Waals surface area contributed by atoms with Crippen LogP contribution < -0.4 is 16.0 Å². The van der Waals surface area contributed by atoms with Crippen LogP contribution in [0.2, 0.25) is 0 Å². The number of carbonyl (C=O) groups excluding carboxylic acids is 1. The van der Waals surface area contributed by atoms with Gasteiger partial charge in [0, 0.05) is 26.7 Å². The van der Waals surface area contributed by atoms with Gasteiger partial charge in [-0.3, -0.25) is 10.7 Å². The quantitative estimate of drug-likeness (QED) is 0.325. The van der Waals surface area contributed by atoms with Crippen molar-refractivity contribution in [2.75, 3.05) is 38.2 Å². The van der Waals surface area contributed by atoms with Gasteiger partial charge in [0.15, 0.2) is 11.7 Å². The topological polar surface area (TPSA) is 162 Å². The molecule has 2 aromatic heterocycles. The van der Waals surface area contributed by atoms with Crippen LogP contribution in [0.4, 0.5) is 10.6 Å². The SMILES string of the molecule is C=C(NC(=O)NCC)Nc1c(C(=N)N2CCOCC2)nc(-c2nn[nH]n2)n1C. The number of aromatic nitrogens is 6. The first-order valence-corrected chi connectivity index (χ1v) is 8.74. The number of aromatic amines is 1. The molecule has 13 nitrogen and oxygen atoms in total. The van der Waals surface area contributed by atoms with E-state index in [1.165, 1.54) is 0 Å². The summed E-state index contributed by atoms with van der Waals surface area (Å²) in [5.74, 6) is 1.63. The molecule has 1 aliphatic heterocycles. The lowest BCUT2D eigenvalue weighted by Crippen LogP contribution is -2.41. The van der Waals surface area contributed by atoms with Gasteiger partial charge in [0.2, 0.25) is 5.82 Å². The van der Waals surface area contributed by atoms with Gasteiger partial charge in [-0.25, -0.2) is 9.78 Å². The van der Waals surface area contributed by atoms with Gasteiger partial charge in [-0.2, -0.15) is 5.21 Å². The number of nitrogens with one attached hydrogen (secondary N) is 5. The normalized spacial score (nSPS) is 13.9. The molecular formula is C15H23N11O2. The van der Waals surface area contributed by atoms with Crippen molar-refractivity contribution in [2.24, 2.45) is 7.05 Å². The Morgan fingerprint density at radius 1 is 1.39 bits per heavy atom. The smallest absolute Gasteiger partial charge is 0.320 e. The number of amidine groups is 1. The molecule has 0 unspecified atom stereocenters. The van der Waals surface area contributed by atoms with Crippen LogP contribution in [0.25, 0.3) is 11.6 Å². The Morgan fingerprint density at radius 3 is 2.79 bits per heavy atom. The standard InChI is InChI=1S/C15H23N11O2/c1-4-17-15(27)19-9(2)18-13-10(11(16)26-5-7-28-8-6-26)20-14(25(13)3)12-21-23-24-22-12/h16,18H,2,4-8H2,1,3H3,(H2,17,19,27)(H,21,22,23,24). The monoisotopic (exact) mass is 389 g/mol. The van der Waals surface area contributed by atoms with Crippen molar-refractivity contribution in [3.63, 3.8) is 0 Å². The van der Waals surface area contributed by atoms with Crippen molar-refractivity contribution in [3.05, 3.63) is 18.1 Å². The molecule has 1 saturated heterocycles. The Morgan fingerprint density at radius 2 is 2.14 bits per heavy atom.